The summed E-state index contributed by atoms with van der Waals surface area (Å²) in [5, 5.41) is 3.19. The molecule has 0 aromatic carbocycles. The molecule has 0 radical (unpaired) electrons. The lowest BCUT2D eigenvalue weighted by Gasteiger charge is -2.02. The van der Waals surface area contributed by atoms with Crippen molar-refractivity contribution in [1.29, 1.82) is 0 Å². The Labute approximate surface area is 61.5 Å². The number of allylic oxidation sites excluding steroid dienone is 3. The molecule has 1 heterocycles. The van der Waals surface area contributed by atoms with Crippen LogP contribution in [0.2, 0.25) is 0 Å². The molecular weight excluding hydrogens is 124 g/mol. The summed E-state index contributed by atoms with van der Waals surface area (Å²) in [7, 11) is 2.03. The molecule has 0 aliphatic carbocycles. The SMILES string of the molecule is C=C/C=C\C1=CN(C)CN1. The minimum atomic E-state index is 0.900. The van der Waals surface area contributed by atoms with Crippen LogP contribution in [0.1, 0.15) is 0 Å². The third-order valence-electron chi connectivity index (χ3n) is 1.30. The Balaban J connectivity index is 2.49. The highest BCUT2D eigenvalue weighted by molar-refractivity contribution is 5.21. The van der Waals surface area contributed by atoms with Crippen LogP contribution in [0.4, 0.5) is 0 Å². The molecule has 1 rings (SSSR count). The van der Waals surface area contributed by atoms with Crippen LogP contribution in [-0.2, 0) is 0 Å². The zero-order chi connectivity index (χ0) is 7.40. The van der Waals surface area contributed by atoms with Crippen LogP contribution < -0.4 is 5.32 Å². The highest BCUT2D eigenvalue weighted by atomic mass is 15.2. The van der Waals surface area contributed by atoms with E-state index in [2.05, 4.69) is 23.0 Å². The van der Waals surface area contributed by atoms with Gasteiger partial charge in [0.05, 0.1) is 12.4 Å². The van der Waals surface area contributed by atoms with Crippen LogP contribution in [0.3, 0.4) is 0 Å². The summed E-state index contributed by atoms with van der Waals surface area (Å²) in [6, 6.07) is 0. The van der Waals surface area contributed by atoms with Crippen molar-refractivity contribution in [2.24, 2.45) is 0 Å². The van der Waals surface area contributed by atoms with E-state index < -0.39 is 0 Å². The zero-order valence-corrected chi connectivity index (χ0v) is 6.17. The topological polar surface area (TPSA) is 15.3 Å². The second-order valence-corrected chi connectivity index (χ2v) is 2.27. The average molecular weight is 136 g/mol. The first-order chi connectivity index (χ1) is 4.83. The molecule has 0 saturated heterocycles. The van der Waals surface area contributed by atoms with Crippen molar-refractivity contribution < 1.29 is 0 Å². The Bertz CT molecular complexity index is 180. The van der Waals surface area contributed by atoms with Gasteiger partial charge in [0.15, 0.2) is 0 Å². The maximum Gasteiger partial charge on any atom is 0.0869 e. The maximum absolute atomic E-state index is 3.59. The van der Waals surface area contributed by atoms with Gasteiger partial charge in [-0.05, 0) is 6.08 Å². The molecule has 0 unspecified atom stereocenters. The maximum atomic E-state index is 3.59. The van der Waals surface area contributed by atoms with E-state index in [1.54, 1.807) is 6.08 Å². The van der Waals surface area contributed by atoms with Gasteiger partial charge in [-0.15, -0.1) is 0 Å². The Kier molecular flexibility index (Phi) is 2.15. The molecule has 1 aliphatic rings. The van der Waals surface area contributed by atoms with Crippen LogP contribution in [0, 0.1) is 0 Å². The van der Waals surface area contributed by atoms with Gasteiger partial charge in [-0.25, -0.2) is 0 Å². The fourth-order valence-electron chi connectivity index (χ4n) is 0.818. The molecule has 0 saturated carbocycles. The van der Waals surface area contributed by atoms with Gasteiger partial charge < -0.3 is 10.2 Å². The quantitative estimate of drug-likeness (QED) is 0.571. The van der Waals surface area contributed by atoms with Gasteiger partial charge in [0.2, 0.25) is 0 Å². The predicted octanol–water partition coefficient (Wildman–Crippen LogP) is 1.06. The van der Waals surface area contributed by atoms with E-state index >= 15 is 0 Å². The lowest BCUT2D eigenvalue weighted by atomic mass is 10.4. The lowest BCUT2D eigenvalue weighted by molar-refractivity contribution is 0.474. The minimum Gasteiger partial charge on any atom is -0.367 e. The van der Waals surface area contributed by atoms with Gasteiger partial charge >= 0.3 is 0 Å². The summed E-state index contributed by atoms with van der Waals surface area (Å²) in [6.45, 7) is 4.48. The van der Waals surface area contributed by atoms with E-state index in [1.807, 2.05) is 19.2 Å². The van der Waals surface area contributed by atoms with Crippen LogP contribution >= 0.6 is 0 Å². The fourth-order valence-corrected chi connectivity index (χ4v) is 0.818. The zero-order valence-electron chi connectivity index (χ0n) is 6.17. The highest BCUT2D eigenvalue weighted by Crippen LogP contribution is 2.01. The van der Waals surface area contributed by atoms with Crippen molar-refractivity contribution in [2.45, 2.75) is 0 Å². The summed E-state index contributed by atoms with van der Waals surface area (Å²) < 4.78 is 0. The average Bonchev–Trinajstić information content (AvgIpc) is 2.31. The molecule has 0 fully saturated rings. The molecule has 10 heavy (non-hydrogen) atoms. The van der Waals surface area contributed by atoms with E-state index in [4.69, 9.17) is 0 Å². The number of rotatable bonds is 2. The van der Waals surface area contributed by atoms with Crippen molar-refractivity contribution in [3.8, 4) is 0 Å². The van der Waals surface area contributed by atoms with Gasteiger partial charge in [0, 0.05) is 13.2 Å². The molecule has 2 heteroatoms. The molecule has 0 bridgehead atoms. The van der Waals surface area contributed by atoms with Gasteiger partial charge in [-0.3, -0.25) is 0 Å². The lowest BCUT2D eigenvalue weighted by Crippen LogP contribution is -2.16. The summed E-state index contributed by atoms with van der Waals surface area (Å²) >= 11 is 0. The molecule has 54 valence electrons. The smallest absolute Gasteiger partial charge is 0.0869 e. The van der Waals surface area contributed by atoms with Crippen molar-refractivity contribution in [3.05, 3.63) is 36.7 Å². The monoisotopic (exact) mass is 136 g/mol. The van der Waals surface area contributed by atoms with E-state index in [0.717, 1.165) is 12.4 Å². The fraction of sp³-hybridized carbons (Fsp3) is 0.250. The third-order valence-corrected chi connectivity index (χ3v) is 1.30. The van der Waals surface area contributed by atoms with Crippen molar-refractivity contribution >= 4 is 0 Å². The Morgan fingerprint density at radius 2 is 2.60 bits per heavy atom. The normalized spacial score (nSPS) is 17.3. The first-order valence-electron chi connectivity index (χ1n) is 3.28. The van der Waals surface area contributed by atoms with E-state index in [9.17, 15) is 0 Å². The number of hydrogen-bond donors (Lipinski definition) is 1. The first kappa shape index (κ1) is 6.93. The summed E-state index contributed by atoms with van der Waals surface area (Å²) in [6.07, 6.45) is 7.73. The Hall–Kier alpha value is -1.18. The van der Waals surface area contributed by atoms with E-state index in [-0.39, 0.29) is 0 Å². The highest BCUT2D eigenvalue weighted by Gasteiger charge is 2.01. The second kappa shape index (κ2) is 3.11. The number of hydrogen-bond acceptors (Lipinski definition) is 2. The molecule has 0 spiro atoms. The Morgan fingerprint density at radius 1 is 1.80 bits per heavy atom. The van der Waals surface area contributed by atoms with Crippen LogP contribution in [0.15, 0.2) is 36.7 Å². The Morgan fingerprint density at radius 3 is 3.10 bits per heavy atom. The summed E-state index contributed by atoms with van der Waals surface area (Å²) in [5.74, 6) is 0. The van der Waals surface area contributed by atoms with Gasteiger partial charge in [-0.2, -0.15) is 0 Å². The van der Waals surface area contributed by atoms with Crippen molar-refractivity contribution in [3.63, 3.8) is 0 Å². The predicted molar refractivity (Wildman–Crippen MR) is 43.2 cm³/mol. The van der Waals surface area contributed by atoms with Crippen LogP contribution in [0.25, 0.3) is 0 Å². The number of nitrogens with one attached hydrogen (secondary N) is 1. The molecule has 2 nitrogen and oxygen atoms in total. The minimum absolute atomic E-state index is 0.900. The standard InChI is InChI=1S/C8H12N2/c1-3-4-5-8-6-10(2)7-9-8/h3-6,9H,1,7H2,2H3/b5-4-. The summed E-state index contributed by atoms with van der Waals surface area (Å²) in [5.41, 5.74) is 1.14. The molecular formula is C8H12N2. The third kappa shape index (κ3) is 1.65. The van der Waals surface area contributed by atoms with Gasteiger partial charge in [0.25, 0.3) is 0 Å². The molecule has 0 aromatic rings. The largest absolute Gasteiger partial charge is 0.367 e. The first-order valence-corrected chi connectivity index (χ1v) is 3.28. The molecule has 0 atom stereocenters. The van der Waals surface area contributed by atoms with Crippen LogP contribution in [-0.4, -0.2) is 18.6 Å². The molecule has 1 N–H and O–H groups in total. The molecule has 1 aliphatic heterocycles. The second-order valence-electron chi connectivity index (χ2n) is 2.27. The molecule has 0 amide bonds. The van der Waals surface area contributed by atoms with Crippen molar-refractivity contribution in [1.82, 2.24) is 10.2 Å². The van der Waals surface area contributed by atoms with Gasteiger partial charge in [0.1, 0.15) is 0 Å². The van der Waals surface area contributed by atoms with Gasteiger partial charge in [-0.1, -0.05) is 18.7 Å². The van der Waals surface area contributed by atoms with Crippen LogP contribution in [0.5, 0.6) is 0 Å². The number of nitrogens with zero attached hydrogens (tertiary/aromatic N) is 1. The van der Waals surface area contributed by atoms with E-state index in [1.165, 1.54) is 0 Å². The summed E-state index contributed by atoms with van der Waals surface area (Å²) in [4.78, 5) is 2.09. The van der Waals surface area contributed by atoms with E-state index in [0.29, 0.717) is 0 Å². The van der Waals surface area contributed by atoms with Crippen molar-refractivity contribution in [2.75, 3.05) is 13.7 Å². The molecule has 0 aromatic heterocycles.